The van der Waals surface area contributed by atoms with E-state index in [2.05, 4.69) is 4.74 Å². The minimum absolute atomic E-state index is 0.0392. The number of hydrogen-bond donors (Lipinski definition) is 1. The van der Waals surface area contributed by atoms with Gasteiger partial charge in [0.2, 0.25) is 11.8 Å². The molecule has 0 spiro atoms. The molecule has 0 radical (unpaired) electrons. The van der Waals surface area contributed by atoms with E-state index in [0.717, 1.165) is 0 Å². The number of carboxylic acid groups (broad SMARTS) is 1. The molecule has 11 heteroatoms. The lowest BCUT2D eigenvalue weighted by Crippen LogP contribution is -2.58. The second-order valence-corrected chi connectivity index (χ2v) is 3.98. The Morgan fingerprint density at radius 2 is 1.65 bits per heavy atom. The first-order valence-electron chi connectivity index (χ1n) is 5.20. The number of nitrogens with zero attached hydrogens (tertiary/aromatic N) is 1. The molecule has 1 rings (SSSR count). The summed E-state index contributed by atoms with van der Waals surface area (Å²) in [6.07, 6.45) is -11.7. The topological polar surface area (TPSA) is 66.8 Å². The zero-order valence-corrected chi connectivity index (χ0v) is 9.66. The van der Waals surface area contributed by atoms with Crippen LogP contribution in [0.3, 0.4) is 0 Å². The van der Waals surface area contributed by atoms with E-state index in [1.54, 1.807) is 0 Å². The minimum Gasteiger partial charge on any atom is -0.480 e. The number of carbonyl (C=O) groups is 2. The molecule has 1 aliphatic rings. The number of hydrogen-bond acceptors (Lipinski definition) is 3. The van der Waals surface area contributed by atoms with Gasteiger partial charge in [0.1, 0.15) is 0 Å². The molecule has 0 aromatic heterocycles. The first-order valence-corrected chi connectivity index (χ1v) is 5.20. The number of morpholine rings is 1. The summed E-state index contributed by atoms with van der Waals surface area (Å²) < 4.78 is 79.1. The fourth-order valence-corrected chi connectivity index (χ4v) is 1.70. The molecule has 1 aliphatic heterocycles. The predicted molar refractivity (Wildman–Crippen MR) is 49.6 cm³/mol. The van der Waals surface area contributed by atoms with Crippen LogP contribution in [0.25, 0.3) is 0 Å². The molecule has 0 saturated carbocycles. The Morgan fingerprint density at radius 3 is 2.05 bits per heavy atom. The fraction of sp³-hybridized carbons (Fsp3) is 0.778. The zero-order chi connectivity index (χ0) is 15.7. The Balaban J connectivity index is 3.08. The largest absolute Gasteiger partial charge is 0.480 e. The molecule has 116 valence electrons. The highest BCUT2D eigenvalue weighted by atomic mass is 19.4. The molecule has 1 amide bonds. The van der Waals surface area contributed by atoms with Crippen molar-refractivity contribution in [2.24, 2.45) is 5.92 Å². The summed E-state index contributed by atoms with van der Waals surface area (Å²) in [6.45, 7) is -1.65. The fourth-order valence-electron chi connectivity index (χ4n) is 1.70. The van der Waals surface area contributed by atoms with Crippen molar-refractivity contribution in [3.63, 3.8) is 0 Å². The van der Waals surface area contributed by atoms with Crippen LogP contribution in [-0.4, -0.2) is 60.0 Å². The molecule has 0 bridgehead atoms. The van der Waals surface area contributed by atoms with Gasteiger partial charge >= 0.3 is 18.3 Å². The van der Waals surface area contributed by atoms with E-state index in [-0.39, 0.29) is 11.5 Å². The van der Waals surface area contributed by atoms with Gasteiger partial charge < -0.3 is 14.7 Å². The minimum atomic E-state index is -5.85. The Bertz CT molecular complexity index is 379. The van der Waals surface area contributed by atoms with Gasteiger partial charge in [-0.1, -0.05) is 0 Å². The van der Waals surface area contributed by atoms with Crippen LogP contribution in [0, 0.1) is 5.92 Å². The SMILES string of the molecule is O=C(O)C1COCCN1C(=O)C(C(F)(F)F)C(F)(F)F. The quantitative estimate of drug-likeness (QED) is 0.774. The number of carbonyl (C=O) groups excluding carboxylic acids is 1. The van der Waals surface area contributed by atoms with Crippen LogP contribution in [0.4, 0.5) is 26.3 Å². The standard InChI is InChI=1S/C9H9F6NO4/c10-8(11,12)5(9(13,14)15)6(17)16-1-2-20-3-4(16)7(18)19/h4-5H,1-3H2,(H,18,19). The highest BCUT2D eigenvalue weighted by molar-refractivity contribution is 5.86. The number of aliphatic carboxylic acids is 1. The van der Waals surface area contributed by atoms with Crippen LogP contribution in [0.1, 0.15) is 0 Å². The number of halogens is 6. The van der Waals surface area contributed by atoms with Gasteiger partial charge in [-0.2, -0.15) is 26.3 Å². The van der Waals surface area contributed by atoms with Crippen LogP contribution >= 0.6 is 0 Å². The molecule has 1 saturated heterocycles. The molecule has 1 heterocycles. The van der Waals surface area contributed by atoms with Gasteiger partial charge in [-0.05, 0) is 0 Å². The second-order valence-electron chi connectivity index (χ2n) is 3.98. The van der Waals surface area contributed by atoms with Crippen molar-refractivity contribution in [1.29, 1.82) is 0 Å². The van der Waals surface area contributed by atoms with E-state index in [1.807, 2.05) is 0 Å². The van der Waals surface area contributed by atoms with Crippen molar-refractivity contribution >= 4 is 11.9 Å². The molecule has 0 aromatic rings. The van der Waals surface area contributed by atoms with Crippen molar-refractivity contribution < 1.29 is 45.8 Å². The maximum atomic E-state index is 12.4. The molecule has 0 aliphatic carbocycles. The second kappa shape index (κ2) is 5.46. The number of carboxylic acids is 1. The van der Waals surface area contributed by atoms with Gasteiger partial charge in [0.05, 0.1) is 13.2 Å². The van der Waals surface area contributed by atoms with E-state index >= 15 is 0 Å². The molecule has 1 unspecified atom stereocenters. The average Bonchev–Trinajstić information content (AvgIpc) is 2.24. The first kappa shape index (κ1) is 16.5. The first-order chi connectivity index (χ1) is 8.96. The third kappa shape index (κ3) is 3.52. The van der Waals surface area contributed by atoms with Crippen molar-refractivity contribution in [1.82, 2.24) is 4.90 Å². The van der Waals surface area contributed by atoms with E-state index in [1.165, 1.54) is 0 Å². The molecule has 20 heavy (non-hydrogen) atoms. The lowest BCUT2D eigenvalue weighted by Gasteiger charge is -2.36. The third-order valence-corrected chi connectivity index (χ3v) is 2.60. The van der Waals surface area contributed by atoms with E-state index in [0.29, 0.717) is 0 Å². The third-order valence-electron chi connectivity index (χ3n) is 2.60. The molecule has 1 fully saturated rings. The van der Waals surface area contributed by atoms with Crippen LogP contribution in [0.5, 0.6) is 0 Å². The maximum absolute atomic E-state index is 12.4. The van der Waals surface area contributed by atoms with Crippen molar-refractivity contribution in [2.75, 3.05) is 19.8 Å². The van der Waals surface area contributed by atoms with Crippen LogP contribution in [-0.2, 0) is 14.3 Å². The lowest BCUT2D eigenvalue weighted by molar-refractivity contribution is -0.279. The van der Waals surface area contributed by atoms with Gasteiger partial charge in [-0.15, -0.1) is 0 Å². The summed E-state index contributed by atoms with van der Waals surface area (Å²) in [5, 5.41) is 8.71. The van der Waals surface area contributed by atoms with Crippen molar-refractivity contribution in [2.45, 2.75) is 18.4 Å². The molecular formula is C9H9F6NO4. The summed E-state index contributed by atoms with van der Waals surface area (Å²) >= 11 is 0. The van der Waals surface area contributed by atoms with Gasteiger partial charge in [0.25, 0.3) is 0 Å². The molecule has 1 atom stereocenters. The number of alkyl halides is 6. The van der Waals surface area contributed by atoms with Crippen molar-refractivity contribution in [3.05, 3.63) is 0 Å². The lowest BCUT2D eigenvalue weighted by atomic mass is 10.0. The Labute approximate surface area is 108 Å². The van der Waals surface area contributed by atoms with Crippen molar-refractivity contribution in [3.8, 4) is 0 Å². The van der Waals surface area contributed by atoms with Crippen LogP contribution in [0.15, 0.2) is 0 Å². The normalized spacial score (nSPS) is 21.1. The van der Waals surface area contributed by atoms with Gasteiger partial charge in [-0.3, -0.25) is 4.79 Å². The maximum Gasteiger partial charge on any atom is 0.409 e. The zero-order valence-electron chi connectivity index (χ0n) is 9.66. The number of ether oxygens (including phenoxy) is 1. The highest BCUT2D eigenvalue weighted by Crippen LogP contribution is 2.40. The summed E-state index contributed by atoms with van der Waals surface area (Å²) in [7, 11) is 0. The van der Waals surface area contributed by atoms with Gasteiger partial charge in [0.15, 0.2) is 6.04 Å². The number of amides is 1. The summed E-state index contributed by atoms with van der Waals surface area (Å²) in [5.41, 5.74) is 0. The molecule has 5 nitrogen and oxygen atoms in total. The smallest absolute Gasteiger partial charge is 0.409 e. The molecular weight excluding hydrogens is 300 g/mol. The van der Waals surface area contributed by atoms with Crippen LogP contribution < -0.4 is 0 Å². The summed E-state index contributed by atoms with van der Waals surface area (Å²) in [6, 6.07) is -1.87. The number of rotatable bonds is 2. The van der Waals surface area contributed by atoms with E-state index < -0.39 is 49.3 Å². The van der Waals surface area contributed by atoms with Gasteiger partial charge in [-0.25, -0.2) is 4.79 Å². The Kier molecular flexibility index (Phi) is 4.52. The van der Waals surface area contributed by atoms with Crippen LogP contribution in [0.2, 0.25) is 0 Å². The monoisotopic (exact) mass is 309 g/mol. The highest BCUT2D eigenvalue weighted by Gasteiger charge is 2.62. The Hall–Kier alpha value is -1.52. The summed E-state index contributed by atoms with van der Waals surface area (Å²) in [4.78, 5) is 22.3. The van der Waals surface area contributed by atoms with E-state index in [4.69, 9.17) is 5.11 Å². The van der Waals surface area contributed by atoms with E-state index in [9.17, 15) is 35.9 Å². The Morgan fingerprint density at radius 1 is 1.15 bits per heavy atom. The molecule has 0 aromatic carbocycles. The molecule has 1 N–H and O–H groups in total. The summed E-state index contributed by atoms with van der Waals surface area (Å²) in [5.74, 6) is -8.31. The van der Waals surface area contributed by atoms with Gasteiger partial charge in [0, 0.05) is 6.54 Å². The average molecular weight is 309 g/mol. The predicted octanol–water partition coefficient (Wildman–Crippen LogP) is 1.04.